The number of aromatic nitrogens is 2. The van der Waals surface area contributed by atoms with Gasteiger partial charge in [0.05, 0.1) is 0 Å². The van der Waals surface area contributed by atoms with Crippen LogP contribution in [0.25, 0.3) is 0 Å². The predicted octanol–water partition coefficient (Wildman–Crippen LogP) is 0.167. The topological polar surface area (TPSA) is 103 Å². The van der Waals surface area contributed by atoms with E-state index in [1.807, 2.05) is 30.3 Å². The lowest BCUT2D eigenvalue weighted by Gasteiger charge is -1.99. The van der Waals surface area contributed by atoms with Crippen LogP contribution in [0.2, 0.25) is 0 Å². The normalized spacial score (nSPS) is 10.5. The molecule has 7 heteroatoms. The van der Waals surface area contributed by atoms with Crippen molar-refractivity contribution in [1.29, 1.82) is 0 Å². The molecule has 0 aliphatic carbocycles. The first-order valence-electron chi connectivity index (χ1n) is 5.72. The van der Waals surface area contributed by atoms with Crippen LogP contribution in [0.5, 0.6) is 0 Å². The van der Waals surface area contributed by atoms with Gasteiger partial charge >= 0.3 is 0 Å². The molecule has 0 fully saturated rings. The Bertz CT molecular complexity index is 527. The van der Waals surface area contributed by atoms with E-state index >= 15 is 0 Å². The zero-order valence-electron chi connectivity index (χ0n) is 10.2. The molecule has 1 amide bonds. The summed E-state index contributed by atoms with van der Waals surface area (Å²) in [6, 6.07) is 9.84. The number of amides is 1. The van der Waals surface area contributed by atoms with Crippen LogP contribution < -0.4 is 11.2 Å². The number of nitrogens with zero attached hydrogens (tertiary/aromatic N) is 2. The average Bonchev–Trinajstić information content (AvgIpc) is 2.83. The molecular weight excluding hydrogens is 248 g/mol. The summed E-state index contributed by atoms with van der Waals surface area (Å²) in [5.74, 6) is 0.427. The molecule has 0 saturated carbocycles. The summed E-state index contributed by atoms with van der Waals surface area (Å²) in [7, 11) is 0. The van der Waals surface area contributed by atoms with E-state index in [-0.39, 0.29) is 13.2 Å². The maximum Gasteiger partial charge on any atom is 0.245 e. The highest BCUT2D eigenvalue weighted by molar-refractivity contribution is 5.74. The Morgan fingerprint density at radius 1 is 1.37 bits per heavy atom. The van der Waals surface area contributed by atoms with Gasteiger partial charge in [0, 0.05) is 6.42 Å². The van der Waals surface area contributed by atoms with Gasteiger partial charge in [-0.15, -0.1) is 0 Å². The quantitative estimate of drug-likeness (QED) is 0.544. The first-order valence-corrected chi connectivity index (χ1v) is 5.72. The smallest absolute Gasteiger partial charge is 0.245 e. The highest BCUT2D eigenvalue weighted by Gasteiger charge is 2.06. The number of hydrogen-bond donors (Lipinski definition) is 2. The van der Waals surface area contributed by atoms with Gasteiger partial charge in [0.2, 0.25) is 11.8 Å². The average molecular weight is 262 g/mol. The second-order valence-corrected chi connectivity index (χ2v) is 3.84. The second-order valence-electron chi connectivity index (χ2n) is 3.84. The molecule has 2 rings (SSSR count). The van der Waals surface area contributed by atoms with Crippen molar-refractivity contribution in [3.63, 3.8) is 0 Å². The van der Waals surface area contributed by atoms with Gasteiger partial charge in [0.1, 0.15) is 13.2 Å². The highest BCUT2D eigenvalue weighted by Crippen LogP contribution is 2.06. The van der Waals surface area contributed by atoms with E-state index < -0.39 is 5.91 Å². The molecule has 0 aliphatic rings. The molecule has 2 aromatic rings. The first-order chi connectivity index (χ1) is 9.24. The van der Waals surface area contributed by atoms with Crippen molar-refractivity contribution < 1.29 is 14.2 Å². The summed E-state index contributed by atoms with van der Waals surface area (Å²) >= 11 is 0. The summed E-state index contributed by atoms with van der Waals surface area (Å²) in [4.78, 5) is 19.4. The van der Waals surface area contributed by atoms with Crippen molar-refractivity contribution in [3.05, 3.63) is 47.6 Å². The van der Waals surface area contributed by atoms with Crippen LogP contribution in [0.4, 0.5) is 0 Å². The number of carbonyl (C=O) groups is 1. The highest BCUT2D eigenvalue weighted by atomic mass is 16.6. The number of benzene rings is 1. The summed E-state index contributed by atoms with van der Waals surface area (Å²) in [6.45, 7) is 0.0140. The number of primary amides is 1. The van der Waals surface area contributed by atoms with E-state index in [1.54, 1.807) is 0 Å². The van der Waals surface area contributed by atoms with Crippen LogP contribution >= 0.6 is 0 Å². The third kappa shape index (κ3) is 4.49. The van der Waals surface area contributed by atoms with E-state index in [0.29, 0.717) is 18.1 Å². The van der Waals surface area contributed by atoms with Gasteiger partial charge in [-0.2, -0.15) is 10.5 Å². The summed E-state index contributed by atoms with van der Waals surface area (Å²) in [5.41, 5.74) is 8.52. The largest absolute Gasteiger partial charge is 0.368 e. The van der Waals surface area contributed by atoms with Crippen LogP contribution in [0, 0.1) is 0 Å². The molecule has 0 unspecified atom stereocenters. The van der Waals surface area contributed by atoms with E-state index in [9.17, 15) is 4.79 Å². The number of hydroxylamine groups is 1. The molecule has 19 heavy (non-hydrogen) atoms. The van der Waals surface area contributed by atoms with Crippen LogP contribution in [-0.4, -0.2) is 22.7 Å². The summed E-state index contributed by atoms with van der Waals surface area (Å²) < 4.78 is 5.02. The van der Waals surface area contributed by atoms with E-state index in [2.05, 4.69) is 15.6 Å². The molecule has 3 N–H and O–H groups in total. The Morgan fingerprint density at radius 2 is 2.16 bits per heavy atom. The van der Waals surface area contributed by atoms with Crippen LogP contribution in [0.3, 0.4) is 0 Å². The first kappa shape index (κ1) is 13.2. The van der Waals surface area contributed by atoms with Gasteiger partial charge in [0.15, 0.2) is 5.82 Å². The van der Waals surface area contributed by atoms with Crippen molar-refractivity contribution >= 4 is 5.91 Å². The lowest BCUT2D eigenvalue weighted by atomic mass is 10.1. The van der Waals surface area contributed by atoms with Gasteiger partial charge in [0.25, 0.3) is 0 Å². The summed E-state index contributed by atoms with van der Waals surface area (Å²) in [5, 5.41) is 3.85. The Balaban J connectivity index is 1.80. The number of carbonyl (C=O) groups excluding carboxylic acids is 1. The molecule has 0 atom stereocenters. The molecule has 0 aliphatic heterocycles. The minimum Gasteiger partial charge on any atom is -0.368 e. The standard InChI is InChI=1S/C12H14N4O3/c13-10(17)8-18-14-7-12-15-11(16-19-12)6-9-4-2-1-3-5-9/h1-5,14H,6-8H2,(H2,13,17). The zero-order chi connectivity index (χ0) is 13.5. The van der Waals surface area contributed by atoms with Gasteiger partial charge < -0.3 is 10.3 Å². The molecule has 0 radical (unpaired) electrons. The molecule has 100 valence electrons. The SMILES string of the molecule is NC(=O)CONCc1nc(Cc2ccccc2)no1. The van der Waals surface area contributed by atoms with Gasteiger partial charge in [-0.3, -0.25) is 9.63 Å². The van der Waals surface area contributed by atoms with E-state index in [1.165, 1.54) is 0 Å². The van der Waals surface area contributed by atoms with E-state index in [0.717, 1.165) is 5.56 Å². The molecule has 0 saturated heterocycles. The number of rotatable bonds is 7. The summed E-state index contributed by atoms with van der Waals surface area (Å²) in [6.07, 6.45) is 0.604. The Hall–Kier alpha value is -2.25. The van der Waals surface area contributed by atoms with Gasteiger partial charge in [-0.1, -0.05) is 35.5 Å². The predicted molar refractivity (Wildman–Crippen MR) is 65.5 cm³/mol. The lowest BCUT2D eigenvalue weighted by Crippen LogP contribution is -2.24. The Kier molecular flexibility index (Phi) is 4.60. The van der Waals surface area contributed by atoms with Crippen LogP contribution in [0.1, 0.15) is 17.3 Å². The zero-order valence-corrected chi connectivity index (χ0v) is 10.2. The van der Waals surface area contributed by atoms with Crippen molar-refractivity contribution in [3.8, 4) is 0 Å². The fourth-order valence-electron chi connectivity index (χ4n) is 1.45. The molecule has 7 nitrogen and oxygen atoms in total. The maximum atomic E-state index is 10.4. The monoisotopic (exact) mass is 262 g/mol. The fraction of sp³-hybridized carbons (Fsp3) is 0.250. The van der Waals surface area contributed by atoms with Crippen LogP contribution in [-0.2, 0) is 22.6 Å². The minimum atomic E-state index is -0.553. The van der Waals surface area contributed by atoms with Crippen LogP contribution in [0.15, 0.2) is 34.9 Å². The second kappa shape index (κ2) is 6.62. The molecule has 0 bridgehead atoms. The third-order valence-corrected chi connectivity index (χ3v) is 2.26. The van der Waals surface area contributed by atoms with Crippen molar-refractivity contribution in [1.82, 2.24) is 15.6 Å². The number of nitrogens with two attached hydrogens (primary N) is 1. The maximum absolute atomic E-state index is 10.4. The molecule has 0 spiro atoms. The van der Waals surface area contributed by atoms with Gasteiger partial charge in [-0.05, 0) is 5.56 Å². The molecular formula is C12H14N4O3. The minimum absolute atomic E-state index is 0.203. The fourth-order valence-corrected chi connectivity index (χ4v) is 1.45. The lowest BCUT2D eigenvalue weighted by molar-refractivity contribution is -0.125. The van der Waals surface area contributed by atoms with Crippen molar-refractivity contribution in [2.45, 2.75) is 13.0 Å². The number of hydrogen-bond acceptors (Lipinski definition) is 6. The van der Waals surface area contributed by atoms with Crippen molar-refractivity contribution in [2.24, 2.45) is 5.73 Å². The van der Waals surface area contributed by atoms with Gasteiger partial charge in [-0.25, -0.2) is 0 Å². The third-order valence-electron chi connectivity index (χ3n) is 2.26. The molecule has 1 heterocycles. The molecule has 1 aromatic heterocycles. The Morgan fingerprint density at radius 3 is 2.89 bits per heavy atom. The Labute approximate surface area is 109 Å². The number of nitrogens with one attached hydrogen (secondary N) is 1. The van der Waals surface area contributed by atoms with Crippen molar-refractivity contribution in [2.75, 3.05) is 6.61 Å². The van der Waals surface area contributed by atoms with E-state index in [4.69, 9.17) is 15.1 Å². The molecule has 1 aromatic carbocycles.